The zero-order valence-corrected chi connectivity index (χ0v) is 12.9. The number of aromatic hydroxyl groups is 1. The van der Waals surface area contributed by atoms with Gasteiger partial charge in [0.05, 0.1) is 16.4 Å². The van der Waals surface area contributed by atoms with Crippen LogP contribution < -0.4 is 15.2 Å². The molecule has 116 valence electrons. The van der Waals surface area contributed by atoms with E-state index in [1.807, 2.05) is 12.3 Å². The third kappa shape index (κ3) is 2.23. The molecule has 3 heterocycles. The average molecular weight is 328 g/mol. The summed E-state index contributed by atoms with van der Waals surface area (Å²) >= 11 is 1.53. The number of benzene rings is 1. The van der Waals surface area contributed by atoms with Crippen LogP contribution in [0.1, 0.15) is 5.01 Å². The maximum atomic E-state index is 10.5. The minimum Gasteiger partial charge on any atom is -0.504 e. The first-order valence-corrected chi connectivity index (χ1v) is 7.68. The lowest BCUT2D eigenvalue weighted by Crippen LogP contribution is -1.99. The Morgan fingerprint density at radius 1 is 1.22 bits per heavy atom. The third-order valence-corrected chi connectivity index (χ3v) is 4.24. The van der Waals surface area contributed by atoms with Crippen LogP contribution in [0, 0.1) is 6.92 Å². The van der Waals surface area contributed by atoms with E-state index in [1.165, 1.54) is 11.3 Å². The van der Waals surface area contributed by atoms with Gasteiger partial charge in [0.2, 0.25) is 18.5 Å². The molecule has 0 radical (unpaired) electrons. The normalized spacial score (nSPS) is 12.6. The van der Waals surface area contributed by atoms with Gasteiger partial charge in [-0.25, -0.2) is 15.0 Å². The highest BCUT2D eigenvalue weighted by molar-refractivity contribution is 7.09. The molecule has 3 N–H and O–H groups in total. The van der Waals surface area contributed by atoms with E-state index in [1.54, 1.807) is 18.3 Å². The number of ether oxygens (including phenoxy) is 2. The van der Waals surface area contributed by atoms with Gasteiger partial charge in [0.15, 0.2) is 11.5 Å². The van der Waals surface area contributed by atoms with E-state index in [4.69, 9.17) is 15.2 Å². The number of phenolic OH excluding ortho intramolecular Hbond substituents is 1. The molecule has 1 aliphatic rings. The highest BCUT2D eigenvalue weighted by atomic mass is 32.1. The van der Waals surface area contributed by atoms with E-state index in [-0.39, 0.29) is 18.5 Å². The van der Waals surface area contributed by atoms with E-state index in [0.717, 1.165) is 10.7 Å². The van der Waals surface area contributed by atoms with Crippen LogP contribution in [0.4, 0.5) is 5.95 Å². The first-order chi connectivity index (χ1) is 11.1. The van der Waals surface area contributed by atoms with Gasteiger partial charge in [-0.05, 0) is 19.1 Å². The van der Waals surface area contributed by atoms with Gasteiger partial charge in [0, 0.05) is 22.7 Å². The van der Waals surface area contributed by atoms with Crippen LogP contribution in [-0.2, 0) is 0 Å². The Morgan fingerprint density at radius 2 is 2.09 bits per heavy atom. The van der Waals surface area contributed by atoms with Crippen LogP contribution in [0.3, 0.4) is 0 Å². The summed E-state index contributed by atoms with van der Waals surface area (Å²) in [6.07, 6.45) is 1.61. The van der Waals surface area contributed by atoms with Crippen molar-refractivity contribution in [2.45, 2.75) is 6.92 Å². The molecule has 23 heavy (non-hydrogen) atoms. The van der Waals surface area contributed by atoms with Crippen molar-refractivity contribution >= 4 is 17.3 Å². The summed E-state index contributed by atoms with van der Waals surface area (Å²) in [5, 5.41) is 13.3. The summed E-state index contributed by atoms with van der Waals surface area (Å²) in [4.78, 5) is 12.8. The summed E-state index contributed by atoms with van der Waals surface area (Å²) in [6, 6.07) is 3.44. The van der Waals surface area contributed by atoms with Gasteiger partial charge >= 0.3 is 0 Å². The zero-order chi connectivity index (χ0) is 16.0. The van der Waals surface area contributed by atoms with Gasteiger partial charge in [0.1, 0.15) is 0 Å². The summed E-state index contributed by atoms with van der Waals surface area (Å²) in [5.41, 5.74) is 8.15. The Morgan fingerprint density at radius 3 is 2.87 bits per heavy atom. The van der Waals surface area contributed by atoms with E-state index < -0.39 is 0 Å². The Labute approximate surface area is 135 Å². The topological polar surface area (TPSA) is 103 Å². The third-order valence-electron chi connectivity index (χ3n) is 3.47. The number of nitrogens with zero attached hydrogens (tertiary/aromatic N) is 3. The number of hydrogen-bond acceptors (Lipinski definition) is 8. The second-order valence-electron chi connectivity index (χ2n) is 4.94. The number of phenols is 1. The van der Waals surface area contributed by atoms with Crippen molar-refractivity contribution in [3.63, 3.8) is 0 Å². The molecule has 0 spiro atoms. The Kier molecular flexibility index (Phi) is 3.05. The molecule has 0 atom stereocenters. The summed E-state index contributed by atoms with van der Waals surface area (Å²) in [6.45, 7) is 2.00. The number of nitrogen functional groups attached to an aromatic ring is 1. The number of anilines is 1. The SMILES string of the molecule is Cc1nc(-c2cnc(N)nc2-c2ccc3c(c2O)OCO3)cs1. The lowest BCUT2D eigenvalue weighted by atomic mass is 10.0. The zero-order valence-electron chi connectivity index (χ0n) is 12.1. The number of fused-ring (bicyclic) bond motifs is 1. The van der Waals surface area contributed by atoms with Crippen molar-refractivity contribution in [3.05, 3.63) is 28.7 Å². The lowest BCUT2D eigenvalue weighted by molar-refractivity contribution is 0.171. The fourth-order valence-corrected chi connectivity index (χ4v) is 3.04. The maximum absolute atomic E-state index is 10.5. The standard InChI is InChI=1S/C15H12N4O3S/c1-7-18-10(5-23-7)9-4-17-15(16)19-12(9)8-2-3-11-14(13(8)20)22-6-21-11/h2-5,20H,6H2,1H3,(H2,16,17,19). The second-order valence-corrected chi connectivity index (χ2v) is 6.00. The van der Waals surface area contributed by atoms with Crippen LogP contribution in [0.2, 0.25) is 0 Å². The molecule has 1 aromatic carbocycles. The van der Waals surface area contributed by atoms with Gasteiger partial charge in [0.25, 0.3) is 0 Å². The largest absolute Gasteiger partial charge is 0.504 e. The molecule has 0 bridgehead atoms. The summed E-state index contributed by atoms with van der Waals surface area (Å²) in [5.74, 6) is 0.887. The number of nitrogens with two attached hydrogens (primary N) is 1. The molecular formula is C15H12N4O3S. The summed E-state index contributed by atoms with van der Waals surface area (Å²) in [7, 11) is 0. The molecule has 0 saturated carbocycles. The minimum atomic E-state index is -0.0358. The van der Waals surface area contributed by atoms with Crippen LogP contribution in [-0.4, -0.2) is 26.9 Å². The van der Waals surface area contributed by atoms with Crippen molar-refractivity contribution in [2.75, 3.05) is 12.5 Å². The van der Waals surface area contributed by atoms with Crippen molar-refractivity contribution in [1.82, 2.24) is 15.0 Å². The molecule has 3 aromatic rings. The molecular weight excluding hydrogens is 316 g/mol. The van der Waals surface area contributed by atoms with Crippen LogP contribution in [0.15, 0.2) is 23.7 Å². The molecule has 0 aliphatic carbocycles. The van der Waals surface area contributed by atoms with Gasteiger partial charge < -0.3 is 20.3 Å². The average Bonchev–Trinajstić information content (AvgIpc) is 3.17. The number of aryl methyl sites for hydroxylation is 1. The number of hydrogen-bond donors (Lipinski definition) is 2. The van der Waals surface area contributed by atoms with Crippen molar-refractivity contribution in [1.29, 1.82) is 0 Å². The fourth-order valence-electron chi connectivity index (χ4n) is 2.42. The Bertz CT molecular complexity index is 910. The van der Waals surface area contributed by atoms with Crippen molar-refractivity contribution in [3.8, 4) is 39.8 Å². The van der Waals surface area contributed by atoms with E-state index in [0.29, 0.717) is 28.3 Å². The molecule has 0 amide bonds. The first-order valence-electron chi connectivity index (χ1n) is 6.80. The first kappa shape index (κ1) is 13.8. The highest BCUT2D eigenvalue weighted by Crippen LogP contribution is 2.47. The Balaban J connectivity index is 1.94. The van der Waals surface area contributed by atoms with E-state index in [2.05, 4.69) is 15.0 Å². The number of thiazole rings is 1. The Hall–Kier alpha value is -2.87. The lowest BCUT2D eigenvalue weighted by Gasteiger charge is -2.10. The highest BCUT2D eigenvalue weighted by Gasteiger charge is 2.24. The second kappa shape index (κ2) is 5.10. The fraction of sp³-hybridized carbons (Fsp3) is 0.133. The van der Waals surface area contributed by atoms with Gasteiger partial charge in [-0.15, -0.1) is 11.3 Å². The van der Waals surface area contributed by atoms with Crippen molar-refractivity contribution < 1.29 is 14.6 Å². The van der Waals surface area contributed by atoms with Gasteiger partial charge in [-0.3, -0.25) is 0 Å². The van der Waals surface area contributed by atoms with Crippen molar-refractivity contribution in [2.24, 2.45) is 0 Å². The predicted molar refractivity (Wildman–Crippen MR) is 85.5 cm³/mol. The van der Waals surface area contributed by atoms with E-state index in [9.17, 15) is 5.11 Å². The number of aromatic nitrogens is 3. The maximum Gasteiger partial charge on any atom is 0.231 e. The van der Waals surface area contributed by atoms with E-state index >= 15 is 0 Å². The quantitative estimate of drug-likeness (QED) is 0.745. The van der Waals surface area contributed by atoms with Crippen LogP contribution in [0.5, 0.6) is 17.2 Å². The molecule has 4 rings (SSSR count). The van der Waals surface area contributed by atoms with Gasteiger partial charge in [-0.2, -0.15) is 0 Å². The smallest absolute Gasteiger partial charge is 0.231 e. The number of rotatable bonds is 2. The van der Waals surface area contributed by atoms with Gasteiger partial charge in [-0.1, -0.05) is 0 Å². The summed E-state index contributed by atoms with van der Waals surface area (Å²) < 4.78 is 10.6. The molecule has 8 heteroatoms. The molecule has 7 nitrogen and oxygen atoms in total. The predicted octanol–water partition coefficient (Wildman–Crippen LogP) is 2.59. The molecule has 1 aliphatic heterocycles. The molecule has 0 unspecified atom stereocenters. The minimum absolute atomic E-state index is 0.0358. The van der Waals surface area contributed by atoms with Crippen LogP contribution >= 0.6 is 11.3 Å². The monoisotopic (exact) mass is 328 g/mol. The van der Waals surface area contributed by atoms with Crippen LogP contribution in [0.25, 0.3) is 22.5 Å². The molecule has 0 fully saturated rings. The molecule has 2 aromatic heterocycles. The molecule has 0 saturated heterocycles.